The van der Waals surface area contributed by atoms with Crippen LogP contribution in [0.5, 0.6) is 0 Å². The molecule has 2 aromatic heterocycles. The Morgan fingerprint density at radius 1 is 0.317 bits per heavy atom. The molecule has 10 aromatic carbocycles. The highest BCUT2D eigenvalue weighted by atomic mass is 32.1. The minimum absolute atomic E-state index is 1.09. The van der Waals surface area contributed by atoms with Gasteiger partial charge in [-0.25, -0.2) is 0 Å². The van der Waals surface area contributed by atoms with Crippen LogP contribution in [0.3, 0.4) is 0 Å². The molecule has 0 bridgehead atoms. The van der Waals surface area contributed by atoms with Crippen molar-refractivity contribution in [2.75, 3.05) is 4.90 Å². The van der Waals surface area contributed by atoms with Gasteiger partial charge in [-0.15, -0.1) is 11.3 Å². The Morgan fingerprint density at radius 3 is 1.67 bits per heavy atom. The van der Waals surface area contributed by atoms with Gasteiger partial charge in [-0.05, 0) is 106 Å². The van der Waals surface area contributed by atoms with E-state index in [4.69, 9.17) is 0 Å². The van der Waals surface area contributed by atoms with Gasteiger partial charge in [0.2, 0.25) is 0 Å². The van der Waals surface area contributed by atoms with Gasteiger partial charge in [0.05, 0.1) is 16.7 Å². The number of thiophene rings is 1. The molecular weight excluding hydrogens is 781 g/mol. The van der Waals surface area contributed by atoms with Crippen LogP contribution in [-0.4, -0.2) is 4.57 Å². The van der Waals surface area contributed by atoms with Crippen molar-refractivity contribution in [1.29, 1.82) is 0 Å². The number of hydrogen-bond acceptors (Lipinski definition) is 2. The number of nitrogens with zero attached hydrogens (tertiary/aromatic N) is 2. The maximum absolute atomic E-state index is 2.47. The van der Waals surface area contributed by atoms with E-state index >= 15 is 0 Å². The molecular formula is C60H40N2S. The van der Waals surface area contributed by atoms with Crippen LogP contribution in [0, 0.1) is 0 Å². The van der Waals surface area contributed by atoms with Crippen molar-refractivity contribution in [1.82, 2.24) is 4.57 Å². The highest BCUT2D eigenvalue weighted by molar-refractivity contribution is 7.25. The molecule has 12 rings (SSSR count). The third kappa shape index (κ3) is 6.33. The van der Waals surface area contributed by atoms with Gasteiger partial charge < -0.3 is 9.47 Å². The van der Waals surface area contributed by atoms with Crippen molar-refractivity contribution in [2.45, 2.75) is 0 Å². The first-order valence-electron chi connectivity index (χ1n) is 21.5. The molecule has 3 heteroatoms. The molecule has 0 saturated heterocycles. The van der Waals surface area contributed by atoms with Gasteiger partial charge in [0, 0.05) is 53.6 Å². The molecule has 0 amide bonds. The van der Waals surface area contributed by atoms with Gasteiger partial charge in [-0.1, -0.05) is 176 Å². The smallest absolute Gasteiger partial charge is 0.0547 e. The summed E-state index contributed by atoms with van der Waals surface area (Å²) in [5.41, 5.74) is 16.4. The Hall–Kier alpha value is -7.98. The van der Waals surface area contributed by atoms with E-state index in [1.807, 2.05) is 11.3 Å². The summed E-state index contributed by atoms with van der Waals surface area (Å²) >= 11 is 1.85. The van der Waals surface area contributed by atoms with Crippen LogP contribution in [0.4, 0.5) is 17.1 Å². The number of rotatable bonds is 8. The highest BCUT2D eigenvalue weighted by Crippen LogP contribution is 2.48. The topological polar surface area (TPSA) is 8.17 Å². The van der Waals surface area contributed by atoms with E-state index in [2.05, 4.69) is 252 Å². The largest absolute Gasteiger partial charge is 0.310 e. The predicted octanol–water partition coefficient (Wildman–Crippen LogP) is 17.3. The average molecular weight is 821 g/mol. The van der Waals surface area contributed by atoms with Crippen molar-refractivity contribution in [3.63, 3.8) is 0 Å². The number of aromatic nitrogens is 1. The third-order valence-corrected chi connectivity index (χ3v) is 13.6. The molecule has 12 aromatic rings. The van der Waals surface area contributed by atoms with Crippen LogP contribution in [0.15, 0.2) is 243 Å². The predicted molar refractivity (Wildman–Crippen MR) is 270 cm³/mol. The van der Waals surface area contributed by atoms with Crippen LogP contribution < -0.4 is 4.90 Å². The molecule has 0 atom stereocenters. The Bertz CT molecular complexity index is 3640. The summed E-state index contributed by atoms with van der Waals surface area (Å²) in [6, 6.07) is 88.5. The van der Waals surface area contributed by atoms with Crippen LogP contribution in [0.1, 0.15) is 0 Å². The molecule has 0 radical (unpaired) electrons. The van der Waals surface area contributed by atoms with Gasteiger partial charge in [0.15, 0.2) is 0 Å². The van der Waals surface area contributed by atoms with Gasteiger partial charge in [0.25, 0.3) is 0 Å². The quantitative estimate of drug-likeness (QED) is 0.148. The van der Waals surface area contributed by atoms with Gasteiger partial charge in [-0.3, -0.25) is 0 Å². The second-order valence-electron chi connectivity index (χ2n) is 16.0. The molecule has 0 fully saturated rings. The fraction of sp³-hybridized carbons (Fsp3) is 0. The van der Waals surface area contributed by atoms with E-state index in [-0.39, 0.29) is 0 Å². The fourth-order valence-corrected chi connectivity index (χ4v) is 10.7. The monoisotopic (exact) mass is 820 g/mol. The average Bonchev–Trinajstić information content (AvgIpc) is 3.91. The molecule has 0 aliphatic carbocycles. The number of anilines is 3. The molecule has 63 heavy (non-hydrogen) atoms. The first-order chi connectivity index (χ1) is 31.3. The molecule has 0 aliphatic heterocycles. The van der Waals surface area contributed by atoms with Crippen LogP contribution in [-0.2, 0) is 0 Å². The lowest BCUT2D eigenvalue weighted by Gasteiger charge is -2.29. The summed E-state index contributed by atoms with van der Waals surface area (Å²) in [5.74, 6) is 0. The van der Waals surface area contributed by atoms with Gasteiger partial charge in [0.1, 0.15) is 0 Å². The zero-order valence-electron chi connectivity index (χ0n) is 34.4. The summed E-state index contributed by atoms with van der Waals surface area (Å²) in [6.07, 6.45) is 0. The first-order valence-corrected chi connectivity index (χ1v) is 22.3. The Labute approximate surface area is 370 Å². The van der Waals surface area contributed by atoms with Crippen LogP contribution in [0.25, 0.3) is 92.2 Å². The molecule has 0 saturated carbocycles. The maximum Gasteiger partial charge on any atom is 0.0547 e. The van der Waals surface area contributed by atoms with Crippen molar-refractivity contribution in [3.05, 3.63) is 243 Å². The summed E-state index contributed by atoms with van der Waals surface area (Å²) in [5, 5.41) is 5.04. The lowest BCUT2D eigenvalue weighted by Crippen LogP contribution is -2.11. The van der Waals surface area contributed by atoms with E-state index in [0.29, 0.717) is 0 Å². The number of para-hydroxylation sites is 3. The molecule has 0 spiro atoms. The standard InChI is InChI=1S/C60H40N2S/c1-3-19-41(20-4-1)46-25-7-8-26-48(46)49-27-9-10-28-50(49)51-29-11-14-33-55(51)61(45-37-38-59-54(40-45)52-30-13-16-36-58(52)63-59)44-24-17-21-42(39-44)47-32-18-35-57-60(47)53-31-12-15-34-56(53)62(57)43-22-5-2-6-23-43/h1-40H. The Kier molecular flexibility index (Phi) is 9.06. The molecule has 2 heterocycles. The fourth-order valence-electron chi connectivity index (χ4n) is 9.64. The molecule has 0 unspecified atom stereocenters. The normalized spacial score (nSPS) is 11.5. The second kappa shape index (κ2) is 15.5. The minimum atomic E-state index is 1.09. The summed E-state index contributed by atoms with van der Waals surface area (Å²) in [7, 11) is 0. The molecule has 296 valence electrons. The van der Waals surface area contributed by atoms with E-state index in [1.54, 1.807) is 0 Å². The SMILES string of the molecule is c1ccc(-c2ccccc2-c2ccccc2-c2ccccc2N(c2cccc(-c3cccc4c3c3ccccc3n4-c3ccccc3)c2)c2ccc3sc4ccccc4c3c2)cc1. The van der Waals surface area contributed by atoms with Crippen molar-refractivity contribution < 1.29 is 0 Å². The van der Waals surface area contributed by atoms with E-state index in [9.17, 15) is 0 Å². The Morgan fingerprint density at radius 2 is 0.857 bits per heavy atom. The lowest BCUT2D eigenvalue weighted by molar-refractivity contribution is 1.18. The molecule has 2 nitrogen and oxygen atoms in total. The van der Waals surface area contributed by atoms with Crippen molar-refractivity contribution in [3.8, 4) is 50.2 Å². The van der Waals surface area contributed by atoms with Crippen LogP contribution >= 0.6 is 11.3 Å². The van der Waals surface area contributed by atoms with E-state index in [0.717, 1.165) is 33.9 Å². The van der Waals surface area contributed by atoms with Crippen molar-refractivity contribution in [2.24, 2.45) is 0 Å². The minimum Gasteiger partial charge on any atom is -0.310 e. The zero-order valence-corrected chi connectivity index (χ0v) is 35.2. The molecule has 0 N–H and O–H groups in total. The van der Waals surface area contributed by atoms with Gasteiger partial charge in [-0.2, -0.15) is 0 Å². The summed E-state index contributed by atoms with van der Waals surface area (Å²) in [6.45, 7) is 0. The second-order valence-corrected chi connectivity index (χ2v) is 17.1. The Balaban J connectivity index is 1.09. The number of benzene rings is 10. The van der Waals surface area contributed by atoms with Crippen LogP contribution in [0.2, 0.25) is 0 Å². The lowest BCUT2D eigenvalue weighted by atomic mass is 9.88. The van der Waals surface area contributed by atoms with E-state index < -0.39 is 0 Å². The highest BCUT2D eigenvalue weighted by Gasteiger charge is 2.22. The number of fused-ring (bicyclic) bond motifs is 6. The van der Waals surface area contributed by atoms with Crippen molar-refractivity contribution >= 4 is 70.4 Å². The zero-order chi connectivity index (χ0) is 41.7. The maximum atomic E-state index is 2.47. The first kappa shape index (κ1) is 36.8. The van der Waals surface area contributed by atoms with E-state index in [1.165, 1.54) is 75.4 Å². The molecule has 0 aliphatic rings. The summed E-state index contributed by atoms with van der Waals surface area (Å²) in [4.78, 5) is 2.47. The third-order valence-electron chi connectivity index (χ3n) is 12.4. The van der Waals surface area contributed by atoms with Gasteiger partial charge >= 0.3 is 0 Å². The summed E-state index contributed by atoms with van der Waals surface area (Å²) < 4.78 is 4.98. The number of hydrogen-bond donors (Lipinski definition) is 0.